The Morgan fingerprint density at radius 3 is 2.17 bits per heavy atom. The van der Waals surface area contributed by atoms with Crippen LogP contribution in [0.4, 0.5) is 4.79 Å². The molecule has 0 radical (unpaired) electrons. The van der Waals surface area contributed by atoms with Crippen LogP contribution >= 0.6 is 23.2 Å². The average molecular weight is 449 g/mol. The lowest BCUT2D eigenvalue weighted by atomic mass is 10.1. The molecule has 0 saturated carbocycles. The Balaban J connectivity index is 1.83. The van der Waals surface area contributed by atoms with Gasteiger partial charge in [0, 0.05) is 44.9 Å². The molecule has 1 fully saturated rings. The molecule has 160 valence electrons. The number of likely N-dealkylation sites (tertiary alicyclic amines) is 1. The molecule has 1 saturated heterocycles. The number of ether oxygens (including phenoxy) is 1. The number of hydrogen-bond donors (Lipinski definition) is 1. The number of amides is 1. The number of fused-ring (bicyclic) bond motifs is 3. The average Bonchev–Trinajstić information content (AvgIpc) is 2.81. The Morgan fingerprint density at radius 2 is 1.63 bits per heavy atom. The first-order valence-electron chi connectivity index (χ1n) is 10.2. The Hall–Kier alpha value is -1.95. The first-order valence-corrected chi connectivity index (χ1v) is 10.9. The van der Waals surface area contributed by atoms with Crippen molar-refractivity contribution in [1.29, 1.82) is 0 Å². The second-order valence-corrected chi connectivity index (χ2v) is 9.77. The van der Waals surface area contributed by atoms with Crippen LogP contribution in [0.15, 0.2) is 36.4 Å². The standard InChI is InChI=1S/C23H26Cl2N2O3/c1-23(2,3)30-22(29)26-10-4-5-21(28)20(13-26)27-18-8-6-14(24)11-16(18)17-12-15(25)7-9-19(17)27/h6-9,11-12,20-21,28H,4-5,10,13H2,1-3H3/t20-,21-/m1/s1. The topological polar surface area (TPSA) is 54.7 Å². The number of carbonyl (C=O) groups excluding carboxylic acids is 1. The van der Waals surface area contributed by atoms with Gasteiger partial charge in [0.1, 0.15) is 5.60 Å². The van der Waals surface area contributed by atoms with Gasteiger partial charge in [-0.25, -0.2) is 4.79 Å². The van der Waals surface area contributed by atoms with E-state index >= 15 is 0 Å². The summed E-state index contributed by atoms with van der Waals surface area (Å²) < 4.78 is 7.72. The molecule has 1 aromatic heterocycles. The van der Waals surface area contributed by atoms with Crippen LogP contribution in [0.5, 0.6) is 0 Å². The molecule has 1 amide bonds. The first kappa shape index (κ1) is 21.3. The van der Waals surface area contributed by atoms with Gasteiger partial charge in [-0.1, -0.05) is 23.2 Å². The van der Waals surface area contributed by atoms with Crippen molar-refractivity contribution in [2.24, 2.45) is 0 Å². The summed E-state index contributed by atoms with van der Waals surface area (Å²) in [5.41, 5.74) is 1.33. The van der Waals surface area contributed by atoms with Crippen molar-refractivity contribution in [2.45, 2.75) is 51.4 Å². The largest absolute Gasteiger partial charge is 0.444 e. The van der Waals surface area contributed by atoms with Crippen LogP contribution in [-0.4, -0.2) is 45.5 Å². The molecule has 4 rings (SSSR count). The van der Waals surface area contributed by atoms with Crippen LogP contribution in [-0.2, 0) is 4.74 Å². The monoisotopic (exact) mass is 448 g/mol. The van der Waals surface area contributed by atoms with E-state index in [0.717, 1.165) is 21.8 Å². The molecular weight excluding hydrogens is 423 g/mol. The second kappa shape index (κ2) is 7.95. The fourth-order valence-electron chi connectivity index (χ4n) is 4.22. The van der Waals surface area contributed by atoms with E-state index < -0.39 is 11.7 Å². The van der Waals surface area contributed by atoms with Crippen molar-refractivity contribution in [2.75, 3.05) is 13.1 Å². The number of hydrogen-bond acceptors (Lipinski definition) is 3. The van der Waals surface area contributed by atoms with E-state index in [1.54, 1.807) is 4.90 Å². The zero-order chi connectivity index (χ0) is 21.6. The molecular formula is C23H26Cl2N2O3. The van der Waals surface area contributed by atoms with Gasteiger partial charge >= 0.3 is 6.09 Å². The summed E-state index contributed by atoms with van der Waals surface area (Å²) in [6.07, 6.45) is 0.369. The van der Waals surface area contributed by atoms with Crippen LogP contribution in [0.3, 0.4) is 0 Å². The number of nitrogens with zero attached hydrogens (tertiary/aromatic N) is 2. The van der Waals surface area contributed by atoms with Crippen molar-refractivity contribution in [3.8, 4) is 0 Å². The first-order chi connectivity index (χ1) is 14.1. The van der Waals surface area contributed by atoms with E-state index in [2.05, 4.69) is 4.57 Å². The van der Waals surface area contributed by atoms with E-state index in [1.165, 1.54) is 0 Å². The summed E-state index contributed by atoms with van der Waals surface area (Å²) in [6, 6.07) is 11.1. The van der Waals surface area contributed by atoms with Crippen molar-refractivity contribution in [1.82, 2.24) is 9.47 Å². The molecule has 2 aromatic carbocycles. The highest BCUT2D eigenvalue weighted by molar-refractivity contribution is 6.33. The molecule has 0 unspecified atom stereocenters. The highest BCUT2D eigenvalue weighted by Crippen LogP contribution is 2.37. The number of aliphatic hydroxyl groups is 1. The fraction of sp³-hybridized carbons (Fsp3) is 0.435. The van der Waals surface area contributed by atoms with E-state index in [9.17, 15) is 9.90 Å². The molecule has 1 aliphatic heterocycles. The number of aliphatic hydroxyl groups excluding tert-OH is 1. The Bertz CT molecular complexity index is 1040. The number of carbonyl (C=O) groups is 1. The van der Waals surface area contributed by atoms with Gasteiger partial charge in [0.25, 0.3) is 0 Å². The molecule has 5 nitrogen and oxygen atoms in total. The Morgan fingerprint density at radius 1 is 1.07 bits per heavy atom. The van der Waals surface area contributed by atoms with Gasteiger partial charge < -0.3 is 19.3 Å². The molecule has 0 aliphatic carbocycles. The van der Waals surface area contributed by atoms with Gasteiger partial charge in [0.05, 0.1) is 12.1 Å². The lowest BCUT2D eigenvalue weighted by molar-refractivity contribution is 0.0213. The van der Waals surface area contributed by atoms with Crippen molar-refractivity contribution >= 4 is 51.1 Å². The predicted molar refractivity (Wildman–Crippen MR) is 122 cm³/mol. The minimum Gasteiger partial charge on any atom is -0.444 e. The van der Waals surface area contributed by atoms with Crippen molar-refractivity contribution in [3.05, 3.63) is 46.4 Å². The summed E-state index contributed by atoms with van der Waals surface area (Å²) in [5, 5.41) is 14.2. The molecule has 0 spiro atoms. The molecule has 1 aliphatic rings. The lowest BCUT2D eigenvalue weighted by Crippen LogP contribution is -2.41. The quantitative estimate of drug-likeness (QED) is 0.493. The van der Waals surface area contributed by atoms with Crippen LogP contribution in [0.2, 0.25) is 10.0 Å². The van der Waals surface area contributed by atoms with Crippen molar-refractivity contribution < 1.29 is 14.6 Å². The van der Waals surface area contributed by atoms with Gasteiger partial charge in [0.15, 0.2) is 0 Å². The van der Waals surface area contributed by atoms with Crippen LogP contribution < -0.4 is 0 Å². The van der Waals surface area contributed by atoms with Crippen LogP contribution in [0.25, 0.3) is 21.8 Å². The van der Waals surface area contributed by atoms with Crippen LogP contribution in [0.1, 0.15) is 39.7 Å². The SMILES string of the molecule is CC(C)(C)OC(=O)N1CCC[C@@H](O)[C@H](n2c3ccc(Cl)cc3c3cc(Cl)ccc32)C1. The number of halogens is 2. The van der Waals surface area contributed by atoms with Gasteiger partial charge in [-0.2, -0.15) is 0 Å². The second-order valence-electron chi connectivity index (χ2n) is 8.90. The molecule has 1 N–H and O–H groups in total. The smallest absolute Gasteiger partial charge is 0.410 e. The number of benzene rings is 2. The summed E-state index contributed by atoms with van der Waals surface area (Å²) >= 11 is 12.5. The van der Waals surface area contributed by atoms with Gasteiger partial charge in [-0.15, -0.1) is 0 Å². The third-order valence-corrected chi connectivity index (χ3v) is 5.96. The minimum atomic E-state index is -0.595. The zero-order valence-corrected chi connectivity index (χ0v) is 18.9. The molecule has 2 atom stereocenters. The maximum Gasteiger partial charge on any atom is 0.410 e. The fourth-order valence-corrected chi connectivity index (χ4v) is 4.57. The van der Waals surface area contributed by atoms with Gasteiger partial charge in [0.2, 0.25) is 0 Å². The molecule has 2 heterocycles. The van der Waals surface area contributed by atoms with E-state index in [0.29, 0.717) is 36.0 Å². The highest BCUT2D eigenvalue weighted by atomic mass is 35.5. The van der Waals surface area contributed by atoms with Crippen molar-refractivity contribution in [3.63, 3.8) is 0 Å². The number of rotatable bonds is 1. The van der Waals surface area contributed by atoms with E-state index in [4.69, 9.17) is 27.9 Å². The summed E-state index contributed by atoms with van der Waals surface area (Å²) in [5.74, 6) is 0. The van der Waals surface area contributed by atoms with Crippen LogP contribution in [0, 0.1) is 0 Å². The summed E-state index contributed by atoms with van der Waals surface area (Å²) in [7, 11) is 0. The number of aromatic nitrogens is 1. The Kier molecular flexibility index (Phi) is 5.64. The minimum absolute atomic E-state index is 0.317. The maximum atomic E-state index is 12.8. The maximum absolute atomic E-state index is 12.8. The third-order valence-electron chi connectivity index (χ3n) is 5.49. The molecule has 7 heteroatoms. The molecule has 0 bridgehead atoms. The summed E-state index contributed by atoms with van der Waals surface area (Å²) in [4.78, 5) is 14.5. The highest BCUT2D eigenvalue weighted by Gasteiger charge is 2.33. The van der Waals surface area contributed by atoms with E-state index in [1.807, 2.05) is 57.2 Å². The van der Waals surface area contributed by atoms with Gasteiger partial charge in [-0.05, 0) is 70.0 Å². The molecule has 30 heavy (non-hydrogen) atoms. The van der Waals surface area contributed by atoms with Gasteiger partial charge in [-0.3, -0.25) is 0 Å². The Labute approximate surface area is 186 Å². The van der Waals surface area contributed by atoms with E-state index in [-0.39, 0.29) is 12.1 Å². The molecule has 3 aromatic rings. The predicted octanol–water partition coefficient (Wildman–Crippen LogP) is 6.03. The summed E-state index contributed by atoms with van der Waals surface area (Å²) in [6.45, 7) is 6.48. The third kappa shape index (κ3) is 4.11. The zero-order valence-electron chi connectivity index (χ0n) is 17.4. The normalized spacial score (nSPS) is 20.5. The lowest BCUT2D eigenvalue weighted by Gasteiger charge is -2.30.